The summed E-state index contributed by atoms with van der Waals surface area (Å²) in [6.07, 6.45) is 5.22. The lowest BCUT2D eigenvalue weighted by molar-refractivity contribution is 0.243. The van der Waals surface area contributed by atoms with E-state index in [4.69, 9.17) is 4.74 Å². The molecule has 1 atom stereocenters. The van der Waals surface area contributed by atoms with Crippen molar-refractivity contribution in [2.45, 2.75) is 38.5 Å². The fraction of sp³-hybridized carbons (Fsp3) is 0.615. The van der Waals surface area contributed by atoms with E-state index >= 15 is 0 Å². The average molecular weight is 254 g/mol. The van der Waals surface area contributed by atoms with Crippen molar-refractivity contribution in [3.05, 3.63) is 18.3 Å². The van der Waals surface area contributed by atoms with Crippen LogP contribution >= 0.6 is 11.8 Å². The molecule has 17 heavy (non-hydrogen) atoms. The number of ether oxygens (including phenoxy) is 1. The Morgan fingerprint density at radius 2 is 2.18 bits per heavy atom. The van der Waals surface area contributed by atoms with Crippen molar-refractivity contribution in [3.63, 3.8) is 0 Å². The van der Waals surface area contributed by atoms with E-state index in [1.807, 2.05) is 37.7 Å². The maximum Gasteiger partial charge on any atom is 0.168 e. The molecule has 0 amide bonds. The Bertz CT molecular complexity index is 331. The number of rotatable bonds is 7. The molecule has 1 rings (SSSR count). The highest BCUT2D eigenvalue weighted by molar-refractivity contribution is 7.99. The second-order valence-electron chi connectivity index (χ2n) is 4.28. The van der Waals surface area contributed by atoms with Gasteiger partial charge in [-0.3, -0.25) is 0 Å². The molecule has 0 spiro atoms. The van der Waals surface area contributed by atoms with Gasteiger partial charge in [0.1, 0.15) is 0 Å². The molecule has 4 heteroatoms. The van der Waals surface area contributed by atoms with Crippen molar-refractivity contribution in [2.24, 2.45) is 0 Å². The summed E-state index contributed by atoms with van der Waals surface area (Å²) >= 11 is 1.88. The first-order chi connectivity index (χ1) is 8.13. The molecule has 1 N–H and O–H groups in total. The summed E-state index contributed by atoms with van der Waals surface area (Å²) in [4.78, 5) is 4.31. The van der Waals surface area contributed by atoms with Crippen LogP contribution in [0.25, 0.3) is 0 Å². The number of thioether (sulfide) groups is 1. The molecule has 0 bridgehead atoms. The second kappa shape index (κ2) is 7.43. The van der Waals surface area contributed by atoms with Gasteiger partial charge in [0.25, 0.3) is 0 Å². The van der Waals surface area contributed by atoms with E-state index in [1.165, 1.54) is 0 Å². The van der Waals surface area contributed by atoms with Crippen molar-refractivity contribution in [1.82, 2.24) is 4.98 Å². The van der Waals surface area contributed by atoms with Crippen LogP contribution in [-0.2, 0) is 0 Å². The largest absolute Gasteiger partial charge is 0.487 e. The van der Waals surface area contributed by atoms with Gasteiger partial charge in [-0.15, -0.1) is 0 Å². The van der Waals surface area contributed by atoms with Crippen LogP contribution in [0.1, 0.15) is 27.2 Å². The van der Waals surface area contributed by atoms with Crippen LogP contribution in [0.2, 0.25) is 0 Å². The molecule has 0 aliphatic carbocycles. The van der Waals surface area contributed by atoms with E-state index in [0.717, 1.165) is 24.5 Å². The minimum absolute atomic E-state index is 0.171. The van der Waals surface area contributed by atoms with Gasteiger partial charge in [-0.25, -0.2) is 4.98 Å². The van der Waals surface area contributed by atoms with Gasteiger partial charge in [0.05, 0.1) is 6.10 Å². The van der Waals surface area contributed by atoms with Crippen LogP contribution in [-0.4, -0.2) is 29.1 Å². The van der Waals surface area contributed by atoms with Crippen LogP contribution in [0.3, 0.4) is 0 Å². The van der Waals surface area contributed by atoms with Crippen molar-refractivity contribution < 1.29 is 4.74 Å². The Kier molecular flexibility index (Phi) is 6.19. The van der Waals surface area contributed by atoms with Gasteiger partial charge in [-0.2, -0.15) is 11.8 Å². The zero-order valence-electron chi connectivity index (χ0n) is 11.1. The molecule has 1 unspecified atom stereocenters. The van der Waals surface area contributed by atoms with Gasteiger partial charge >= 0.3 is 0 Å². The van der Waals surface area contributed by atoms with Crippen molar-refractivity contribution >= 4 is 17.6 Å². The normalized spacial score (nSPS) is 12.5. The lowest BCUT2D eigenvalue weighted by Gasteiger charge is -2.15. The maximum absolute atomic E-state index is 5.70. The van der Waals surface area contributed by atoms with Crippen molar-refractivity contribution in [1.29, 1.82) is 0 Å². The molecule has 0 aliphatic rings. The molecule has 0 fully saturated rings. The van der Waals surface area contributed by atoms with Gasteiger partial charge in [0.15, 0.2) is 11.6 Å². The fourth-order valence-electron chi connectivity index (χ4n) is 1.38. The third kappa shape index (κ3) is 5.31. The van der Waals surface area contributed by atoms with Crippen LogP contribution in [0.4, 0.5) is 5.82 Å². The maximum atomic E-state index is 5.70. The highest BCUT2D eigenvalue weighted by Gasteiger charge is 2.06. The SMILES string of the molecule is CSC(C)CCNc1ncccc1OC(C)C. The van der Waals surface area contributed by atoms with Gasteiger partial charge in [0.2, 0.25) is 0 Å². The van der Waals surface area contributed by atoms with E-state index in [1.54, 1.807) is 6.20 Å². The quantitative estimate of drug-likeness (QED) is 0.808. The summed E-state index contributed by atoms with van der Waals surface area (Å²) in [5.74, 6) is 1.67. The second-order valence-corrected chi connectivity index (χ2v) is 5.55. The van der Waals surface area contributed by atoms with Crippen LogP contribution in [0.5, 0.6) is 5.75 Å². The Morgan fingerprint density at radius 1 is 1.41 bits per heavy atom. The topological polar surface area (TPSA) is 34.2 Å². The monoisotopic (exact) mass is 254 g/mol. The third-order valence-electron chi connectivity index (χ3n) is 2.38. The number of anilines is 1. The first-order valence-corrected chi connectivity index (χ1v) is 7.30. The Hall–Kier alpha value is -0.900. The zero-order chi connectivity index (χ0) is 12.7. The Balaban J connectivity index is 2.51. The summed E-state index contributed by atoms with van der Waals surface area (Å²) < 4.78 is 5.70. The van der Waals surface area contributed by atoms with Crippen molar-refractivity contribution in [3.8, 4) is 5.75 Å². The van der Waals surface area contributed by atoms with Crippen LogP contribution < -0.4 is 10.1 Å². The molecule has 0 aromatic carbocycles. The van der Waals surface area contributed by atoms with Crippen molar-refractivity contribution in [2.75, 3.05) is 18.1 Å². The molecular formula is C13H22N2OS. The highest BCUT2D eigenvalue weighted by atomic mass is 32.2. The first-order valence-electron chi connectivity index (χ1n) is 6.01. The van der Waals surface area contributed by atoms with E-state index in [0.29, 0.717) is 5.25 Å². The van der Waals surface area contributed by atoms with Gasteiger partial charge in [0, 0.05) is 18.0 Å². The number of aromatic nitrogens is 1. The lowest BCUT2D eigenvalue weighted by atomic mass is 10.3. The van der Waals surface area contributed by atoms with Crippen LogP contribution in [0.15, 0.2) is 18.3 Å². The molecular weight excluding hydrogens is 232 g/mol. The number of pyridine rings is 1. The smallest absolute Gasteiger partial charge is 0.168 e. The third-order valence-corrected chi connectivity index (χ3v) is 3.42. The zero-order valence-corrected chi connectivity index (χ0v) is 11.9. The molecule has 0 aliphatic heterocycles. The van der Waals surface area contributed by atoms with Gasteiger partial charge < -0.3 is 10.1 Å². The molecule has 96 valence electrons. The Morgan fingerprint density at radius 3 is 2.82 bits per heavy atom. The molecule has 3 nitrogen and oxygen atoms in total. The number of hydrogen-bond acceptors (Lipinski definition) is 4. The molecule has 0 radical (unpaired) electrons. The summed E-state index contributed by atoms with van der Waals surface area (Å²) in [7, 11) is 0. The van der Waals surface area contributed by atoms with E-state index < -0.39 is 0 Å². The molecule has 1 aromatic heterocycles. The number of nitrogens with one attached hydrogen (secondary N) is 1. The summed E-state index contributed by atoms with van der Waals surface area (Å²) in [6, 6.07) is 3.85. The lowest BCUT2D eigenvalue weighted by Crippen LogP contribution is -2.12. The fourth-order valence-corrected chi connectivity index (χ4v) is 1.74. The predicted octanol–water partition coefficient (Wildman–Crippen LogP) is 3.42. The Labute approximate surface area is 108 Å². The number of nitrogens with zero attached hydrogens (tertiary/aromatic N) is 1. The summed E-state index contributed by atoms with van der Waals surface area (Å²) in [5, 5.41) is 4.00. The molecule has 0 saturated heterocycles. The first kappa shape index (κ1) is 14.2. The van der Waals surface area contributed by atoms with Gasteiger partial charge in [-0.1, -0.05) is 6.92 Å². The van der Waals surface area contributed by atoms with E-state index in [2.05, 4.69) is 23.5 Å². The summed E-state index contributed by atoms with van der Waals surface area (Å²) in [6.45, 7) is 7.20. The van der Waals surface area contributed by atoms with E-state index in [-0.39, 0.29) is 6.10 Å². The number of hydrogen-bond donors (Lipinski definition) is 1. The minimum atomic E-state index is 0.171. The van der Waals surface area contributed by atoms with E-state index in [9.17, 15) is 0 Å². The minimum Gasteiger partial charge on any atom is -0.487 e. The summed E-state index contributed by atoms with van der Waals surface area (Å²) in [5.41, 5.74) is 0. The standard InChI is InChI=1S/C13H22N2OS/c1-10(2)16-12-6-5-8-14-13(12)15-9-7-11(3)17-4/h5-6,8,10-11H,7,9H2,1-4H3,(H,14,15). The highest BCUT2D eigenvalue weighted by Crippen LogP contribution is 2.22. The van der Waals surface area contributed by atoms with Gasteiger partial charge in [-0.05, 0) is 38.7 Å². The molecule has 0 saturated carbocycles. The average Bonchev–Trinajstić information content (AvgIpc) is 2.30. The van der Waals surface area contributed by atoms with Crippen LogP contribution in [0, 0.1) is 0 Å². The predicted molar refractivity (Wildman–Crippen MR) is 76.1 cm³/mol. The molecule has 1 heterocycles. The molecule has 1 aromatic rings.